The molecule has 0 radical (unpaired) electrons. The van der Waals surface area contributed by atoms with E-state index >= 15 is 0 Å². The third-order valence-electron chi connectivity index (χ3n) is 14.2. The van der Waals surface area contributed by atoms with Crippen molar-refractivity contribution in [2.45, 2.75) is 353 Å². The largest absolute Gasteiger partial charge is 0.466 e. The Balaban J connectivity index is 3.39. The number of esters is 1. The summed E-state index contributed by atoms with van der Waals surface area (Å²) in [5.74, 6) is -0.0306. The highest BCUT2D eigenvalue weighted by Crippen LogP contribution is 2.18. The molecule has 6 nitrogen and oxygen atoms in total. The van der Waals surface area contributed by atoms with Crippen molar-refractivity contribution in [3.63, 3.8) is 0 Å². The molecule has 0 rings (SSSR count). The highest BCUT2D eigenvalue weighted by atomic mass is 16.5. The zero-order valence-corrected chi connectivity index (χ0v) is 44.3. The maximum absolute atomic E-state index is 12.5. The zero-order valence-electron chi connectivity index (χ0n) is 44.3. The molecule has 2 unspecified atom stereocenters. The Labute approximate surface area is 406 Å². The Kier molecular flexibility index (Phi) is 54.5. The fourth-order valence-corrected chi connectivity index (χ4v) is 9.58. The average molecular weight is 921 g/mol. The minimum absolute atomic E-state index is 0.00774. The summed E-state index contributed by atoms with van der Waals surface area (Å²) in [6.45, 7) is 4.97. The Hall–Kier alpha value is -1.14. The number of hydrogen-bond donors (Lipinski definition) is 3. The fraction of sp³-hybridized carbons (Fsp3) is 0.966. The van der Waals surface area contributed by atoms with Crippen LogP contribution in [-0.2, 0) is 14.3 Å². The number of aliphatic hydroxyl groups excluding tert-OH is 2. The molecule has 0 saturated carbocycles. The molecule has 0 fully saturated rings. The fourth-order valence-electron chi connectivity index (χ4n) is 9.58. The average Bonchev–Trinajstić information content (AvgIpc) is 3.31. The van der Waals surface area contributed by atoms with Crippen LogP contribution in [0.3, 0.4) is 0 Å². The quantitative estimate of drug-likeness (QED) is 0.0417. The van der Waals surface area contributed by atoms with Crippen LogP contribution < -0.4 is 5.32 Å². The number of aliphatic hydroxyl groups is 2. The van der Waals surface area contributed by atoms with Gasteiger partial charge in [-0.15, -0.1) is 0 Å². The standard InChI is InChI=1S/C59H117NO5/c1-3-5-7-9-11-13-15-17-19-23-27-31-35-39-43-47-51-57(62)56(55-61)60-58(63)52-48-44-40-36-32-28-24-21-22-26-30-34-38-42-46-50-54-65-59(64)53-49-45-41-37-33-29-25-20-18-16-14-12-10-8-6-4-2/h56-57,61-62H,3-55H2,1-2H3,(H,60,63). The number of rotatable bonds is 56. The van der Waals surface area contributed by atoms with Gasteiger partial charge in [0.1, 0.15) is 0 Å². The summed E-state index contributed by atoms with van der Waals surface area (Å²) in [6.07, 6.45) is 63.8. The summed E-state index contributed by atoms with van der Waals surface area (Å²) in [5.41, 5.74) is 0. The molecule has 0 heterocycles. The molecule has 65 heavy (non-hydrogen) atoms. The minimum Gasteiger partial charge on any atom is -0.466 e. The lowest BCUT2D eigenvalue weighted by molar-refractivity contribution is -0.143. The van der Waals surface area contributed by atoms with E-state index in [0.717, 1.165) is 38.5 Å². The lowest BCUT2D eigenvalue weighted by atomic mass is 10.0. The summed E-state index contributed by atoms with van der Waals surface area (Å²) in [5, 5.41) is 23.3. The topological polar surface area (TPSA) is 95.9 Å². The van der Waals surface area contributed by atoms with Gasteiger partial charge in [-0.05, 0) is 25.7 Å². The SMILES string of the molecule is CCCCCCCCCCCCCCCCCCC(=O)OCCCCCCCCCCCCCCCCCCC(=O)NC(CO)C(O)CCCCCCCCCCCCCCCCCC. The summed E-state index contributed by atoms with van der Waals surface area (Å²) in [4.78, 5) is 24.6. The molecule has 0 spiro atoms. The smallest absolute Gasteiger partial charge is 0.305 e. The second kappa shape index (κ2) is 55.5. The van der Waals surface area contributed by atoms with Crippen molar-refractivity contribution in [2.24, 2.45) is 0 Å². The van der Waals surface area contributed by atoms with Gasteiger partial charge < -0.3 is 20.3 Å². The third-order valence-corrected chi connectivity index (χ3v) is 14.2. The monoisotopic (exact) mass is 920 g/mol. The maximum atomic E-state index is 12.5. The first-order chi connectivity index (χ1) is 32.0. The summed E-state index contributed by atoms with van der Waals surface area (Å²) in [7, 11) is 0. The van der Waals surface area contributed by atoms with Gasteiger partial charge in [-0.1, -0.05) is 303 Å². The Morgan fingerprint density at radius 1 is 0.369 bits per heavy atom. The van der Waals surface area contributed by atoms with E-state index in [2.05, 4.69) is 19.2 Å². The van der Waals surface area contributed by atoms with Crippen molar-refractivity contribution in [1.29, 1.82) is 0 Å². The molecule has 388 valence electrons. The van der Waals surface area contributed by atoms with Crippen LogP contribution in [0.4, 0.5) is 0 Å². The number of carbonyl (C=O) groups is 2. The lowest BCUT2D eigenvalue weighted by Crippen LogP contribution is -2.45. The predicted octanol–water partition coefficient (Wildman–Crippen LogP) is 18.3. The van der Waals surface area contributed by atoms with E-state index in [-0.39, 0.29) is 18.5 Å². The van der Waals surface area contributed by atoms with Crippen LogP contribution >= 0.6 is 0 Å². The first-order valence-corrected chi connectivity index (χ1v) is 29.8. The van der Waals surface area contributed by atoms with Crippen LogP contribution in [0.1, 0.15) is 341 Å². The maximum Gasteiger partial charge on any atom is 0.305 e. The molecule has 0 saturated heterocycles. The van der Waals surface area contributed by atoms with Crippen molar-refractivity contribution in [3.05, 3.63) is 0 Å². The van der Waals surface area contributed by atoms with Gasteiger partial charge in [-0.3, -0.25) is 9.59 Å². The molecule has 2 atom stereocenters. The molecule has 0 aromatic carbocycles. The molecule has 0 aromatic heterocycles. The van der Waals surface area contributed by atoms with Crippen LogP contribution in [0.25, 0.3) is 0 Å². The van der Waals surface area contributed by atoms with Gasteiger partial charge in [-0.2, -0.15) is 0 Å². The van der Waals surface area contributed by atoms with E-state index in [4.69, 9.17) is 4.74 Å². The van der Waals surface area contributed by atoms with Crippen molar-refractivity contribution in [2.75, 3.05) is 13.2 Å². The van der Waals surface area contributed by atoms with Crippen LogP contribution in [0.2, 0.25) is 0 Å². The van der Waals surface area contributed by atoms with Gasteiger partial charge in [0.15, 0.2) is 0 Å². The van der Waals surface area contributed by atoms with Gasteiger partial charge in [0.05, 0.1) is 25.4 Å². The molecule has 0 aromatic rings. The highest BCUT2D eigenvalue weighted by Gasteiger charge is 2.20. The van der Waals surface area contributed by atoms with E-state index < -0.39 is 12.1 Å². The van der Waals surface area contributed by atoms with Crippen molar-refractivity contribution in [3.8, 4) is 0 Å². The summed E-state index contributed by atoms with van der Waals surface area (Å²) in [6, 6.07) is -0.545. The molecule has 3 N–H and O–H groups in total. The number of hydrogen-bond acceptors (Lipinski definition) is 5. The van der Waals surface area contributed by atoms with Gasteiger partial charge in [0.2, 0.25) is 5.91 Å². The second-order valence-corrected chi connectivity index (χ2v) is 20.7. The number of unbranched alkanes of at least 4 members (excludes halogenated alkanes) is 45. The van der Waals surface area contributed by atoms with E-state index in [9.17, 15) is 19.8 Å². The van der Waals surface area contributed by atoms with Crippen molar-refractivity contribution in [1.82, 2.24) is 5.32 Å². The van der Waals surface area contributed by atoms with Gasteiger partial charge in [0, 0.05) is 12.8 Å². The second-order valence-electron chi connectivity index (χ2n) is 20.7. The first-order valence-electron chi connectivity index (χ1n) is 29.8. The number of carbonyl (C=O) groups excluding carboxylic acids is 2. The molecule has 6 heteroatoms. The van der Waals surface area contributed by atoms with E-state index in [1.165, 1.54) is 270 Å². The lowest BCUT2D eigenvalue weighted by Gasteiger charge is -2.22. The van der Waals surface area contributed by atoms with Gasteiger partial charge in [0.25, 0.3) is 0 Å². The Morgan fingerprint density at radius 2 is 0.631 bits per heavy atom. The summed E-state index contributed by atoms with van der Waals surface area (Å²) >= 11 is 0. The Bertz CT molecular complexity index is 928. The minimum atomic E-state index is -0.667. The first kappa shape index (κ1) is 63.9. The molecule has 0 aliphatic heterocycles. The Morgan fingerprint density at radius 3 is 0.938 bits per heavy atom. The van der Waals surface area contributed by atoms with Crippen LogP contribution in [0.15, 0.2) is 0 Å². The van der Waals surface area contributed by atoms with Crippen molar-refractivity contribution < 1.29 is 24.5 Å². The molecular weight excluding hydrogens is 803 g/mol. The number of amides is 1. The molecular formula is C59H117NO5. The van der Waals surface area contributed by atoms with Crippen LogP contribution in [-0.4, -0.2) is 47.4 Å². The van der Waals surface area contributed by atoms with E-state index in [0.29, 0.717) is 25.9 Å². The number of ether oxygens (including phenoxy) is 1. The molecule has 0 aliphatic rings. The molecule has 1 amide bonds. The van der Waals surface area contributed by atoms with Crippen molar-refractivity contribution >= 4 is 11.9 Å². The summed E-state index contributed by atoms with van der Waals surface area (Å²) < 4.78 is 5.49. The van der Waals surface area contributed by atoms with Gasteiger partial charge >= 0.3 is 5.97 Å². The van der Waals surface area contributed by atoms with Crippen LogP contribution in [0.5, 0.6) is 0 Å². The molecule has 0 bridgehead atoms. The van der Waals surface area contributed by atoms with Gasteiger partial charge in [-0.25, -0.2) is 0 Å². The zero-order chi connectivity index (χ0) is 47.2. The normalized spacial score (nSPS) is 12.5. The number of nitrogens with one attached hydrogen (secondary N) is 1. The van der Waals surface area contributed by atoms with Crippen LogP contribution in [0, 0.1) is 0 Å². The third kappa shape index (κ3) is 52.1. The molecule has 0 aliphatic carbocycles. The van der Waals surface area contributed by atoms with E-state index in [1.54, 1.807) is 0 Å². The van der Waals surface area contributed by atoms with E-state index in [1.807, 2.05) is 0 Å². The predicted molar refractivity (Wildman–Crippen MR) is 283 cm³/mol. The highest BCUT2D eigenvalue weighted by molar-refractivity contribution is 5.76.